The van der Waals surface area contributed by atoms with Gasteiger partial charge in [-0.05, 0) is 51.4 Å². The van der Waals surface area contributed by atoms with Gasteiger partial charge in [-0.3, -0.25) is 4.79 Å². The lowest BCUT2D eigenvalue weighted by Crippen LogP contribution is -2.60. The van der Waals surface area contributed by atoms with E-state index in [-0.39, 0.29) is 12.5 Å². The Bertz CT molecular complexity index is 1370. The molecule has 7 atom stereocenters. The molecule has 1 rings (SSSR count). The Morgan fingerprint density at radius 3 is 1.07 bits per heavy atom. The van der Waals surface area contributed by atoms with Gasteiger partial charge in [0.25, 0.3) is 0 Å². The summed E-state index contributed by atoms with van der Waals surface area (Å²) < 4.78 is 11.4. The van der Waals surface area contributed by atoms with Gasteiger partial charge in [0.15, 0.2) is 6.29 Å². The van der Waals surface area contributed by atoms with Gasteiger partial charge in [0.2, 0.25) is 5.91 Å². The molecule has 0 radical (unpaired) electrons. The van der Waals surface area contributed by atoms with Crippen molar-refractivity contribution < 1.29 is 39.8 Å². The summed E-state index contributed by atoms with van der Waals surface area (Å²) in [4.78, 5) is 13.1. The standard InChI is InChI=1S/C72H137NO8/c1-3-5-7-9-11-13-15-17-19-21-23-25-27-29-30-31-32-33-34-35-36-38-39-41-43-45-47-49-51-53-55-57-59-61-66(75)65(64-80-72-71(79)70(78)69(77)67(63-74)81-72)73-68(76)62-60-58-56-54-52-50-48-46-44-42-40-37-28-26-24-22-20-18-16-14-12-10-8-6-4-2/h16,18,22,24,28,37,65-67,69-72,74-75,77-79H,3-15,17,19-21,23,25-27,29-36,38-64H2,1-2H3,(H,73,76)/b18-16-,24-22-,37-28-. The molecule has 0 bridgehead atoms. The van der Waals surface area contributed by atoms with Gasteiger partial charge in [-0.15, -0.1) is 0 Å². The predicted molar refractivity (Wildman–Crippen MR) is 346 cm³/mol. The van der Waals surface area contributed by atoms with Gasteiger partial charge in [-0.25, -0.2) is 0 Å². The van der Waals surface area contributed by atoms with Crippen LogP contribution >= 0.6 is 0 Å². The SMILES string of the molecule is CCCCCCC/C=C\C/C=C\C/C=C\CCCCCCCCCCCCC(=O)NC(COC1OC(CO)C(O)C(O)C1O)C(O)CCCCCCCCCCCCCCCCCCCCCCCCCCCCCCCCCCC. The summed E-state index contributed by atoms with van der Waals surface area (Å²) >= 11 is 0. The lowest BCUT2D eigenvalue weighted by Gasteiger charge is -2.40. The molecule has 9 heteroatoms. The summed E-state index contributed by atoms with van der Waals surface area (Å²) in [5, 5.41) is 55.0. The number of allylic oxidation sites excluding steroid dienone is 6. The highest BCUT2D eigenvalue weighted by molar-refractivity contribution is 5.76. The third-order valence-electron chi connectivity index (χ3n) is 17.2. The summed E-state index contributed by atoms with van der Waals surface area (Å²) in [5.41, 5.74) is 0. The van der Waals surface area contributed by atoms with E-state index in [0.717, 1.165) is 51.4 Å². The fraction of sp³-hybridized carbons (Fsp3) is 0.903. The molecule has 1 saturated heterocycles. The van der Waals surface area contributed by atoms with Crippen LogP contribution in [-0.4, -0.2) is 87.5 Å². The number of amides is 1. The van der Waals surface area contributed by atoms with Crippen molar-refractivity contribution in [1.82, 2.24) is 5.32 Å². The van der Waals surface area contributed by atoms with Crippen LogP contribution in [0.1, 0.15) is 361 Å². The van der Waals surface area contributed by atoms with E-state index in [0.29, 0.717) is 12.8 Å². The molecule has 6 N–H and O–H groups in total. The quantitative estimate of drug-likeness (QED) is 0.0261. The highest BCUT2D eigenvalue weighted by atomic mass is 16.7. The van der Waals surface area contributed by atoms with Gasteiger partial charge >= 0.3 is 0 Å². The number of hydrogen-bond acceptors (Lipinski definition) is 8. The minimum Gasteiger partial charge on any atom is -0.394 e. The number of carbonyl (C=O) groups is 1. The number of rotatable bonds is 63. The van der Waals surface area contributed by atoms with Crippen molar-refractivity contribution in [2.45, 2.75) is 403 Å². The van der Waals surface area contributed by atoms with E-state index < -0.39 is 49.5 Å². The summed E-state index contributed by atoms with van der Waals surface area (Å²) in [6.45, 7) is 3.87. The number of ether oxygens (including phenoxy) is 2. The van der Waals surface area contributed by atoms with Gasteiger partial charge in [0.1, 0.15) is 24.4 Å². The Kier molecular flexibility index (Phi) is 58.8. The maximum absolute atomic E-state index is 13.1. The van der Waals surface area contributed by atoms with Crippen LogP contribution < -0.4 is 5.32 Å². The van der Waals surface area contributed by atoms with E-state index in [9.17, 15) is 30.3 Å². The Labute approximate surface area is 501 Å². The average Bonchev–Trinajstić information content (AvgIpc) is 3.49. The molecule has 81 heavy (non-hydrogen) atoms. The summed E-state index contributed by atoms with van der Waals surface area (Å²) in [6.07, 6.45) is 75.0. The Balaban J connectivity index is 2.10. The smallest absolute Gasteiger partial charge is 0.220 e. The second-order valence-corrected chi connectivity index (χ2v) is 25.0. The minimum atomic E-state index is -1.56. The molecule has 7 unspecified atom stereocenters. The van der Waals surface area contributed by atoms with Crippen molar-refractivity contribution in [1.29, 1.82) is 0 Å². The van der Waals surface area contributed by atoms with Crippen LogP contribution in [0.5, 0.6) is 0 Å². The molecular weight excluding hydrogens is 1010 g/mol. The van der Waals surface area contributed by atoms with E-state index in [1.54, 1.807) is 0 Å². The van der Waals surface area contributed by atoms with E-state index >= 15 is 0 Å². The molecule has 0 saturated carbocycles. The van der Waals surface area contributed by atoms with Crippen molar-refractivity contribution in [2.24, 2.45) is 0 Å². The maximum Gasteiger partial charge on any atom is 0.220 e. The third-order valence-corrected chi connectivity index (χ3v) is 17.2. The predicted octanol–water partition coefficient (Wildman–Crippen LogP) is 19.4. The molecule has 0 aliphatic carbocycles. The van der Waals surface area contributed by atoms with Gasteiger partial charge in [-0.2, -0.15) is 0 Å². The number of unbranched alkanes of at least 4 members (excludes halogenated alkanes) is 47. The van der Waals surface area contributed by atoms with Gasteiger partial charge < -0.3 is 40.3 Å². The third kappa shape index (κ3) is 50.3. The summed E-state index contributed by atoms with van der Waals surface area (Å²) in [7, 11) is 0. The number of hydrogen-bond donors (Lipinski definition) is 6. The molecule has 9 nitrogen and oxygen atoms in total. The van der Waals surface area contributed by atoms with Gasteiger partial charge in [-0.1, -0.05) is 339 Å². The van der Waals surface area contributed by atoms with Crippen LogP contribution in [0, 0.1) is 0 Å². The van der Waals surface area contributed by atoms with Gasteiger partial charge in [0, 0.05) is 6.42 Å². The molecule has 1 aliphatic heterocycles. The van der Waals surface area contributed by atoms with Crippen LogP contribution in [-0.2, 0) is 14.3 Å². The molecule has 0 aromatic heterocycles. The maximum atomic E-state index is 13.1. The van der Waals surface area contributed by atoms with Crippen LogP contribution in [0.4, 0.5) is 0 Å². The highest BCUT2D eigenvalue weighted by Gasteiger charge is 2.44. The molecular formula is C72H137NO8. The van der Waals surface area contributed by atoms with E-state index in [2.05, 4.69) is 55.6 Å². The van der Waals surface area contributed by atoms with Crippen molar-refractivity contribution in [3.8, 4) is 0 Å². The number of carbonyl (C=O) groups excluding carboxylic acids is 1. The first kappa shape index (κ1) is 77.4. The Morgan fingerprint density at radius 2 is 0.728 bits per heavy atom. The first-order valence-electron chi connectivity index (χ1n) is 35.7. The molecule has 0 aromatic carbocycles. The monoisotopic (exact) mass is 1140 g/mol. The average molecular weight is 1140 g/mol. The van der Waals surface area contributed by atoms with E-state index in [4.69, 9.17) is 9.47 Å². The lowest BCUT2D eigenvalue weighted by molar-refractivity contribution is -0.302. The van der Waals surface area contributed by atoms with Crippen LogP contribution in [0.25, 0.3) is 0 Å². The zero-order valence-electron chi connectivity index (χ0n) is 53.6. The highest BCUT2D eigenvalue weighted by Crippen LogP contribution is 2.24. The van der Waals surface area contributed by atoms with Crippen LogP contribution in [0.3, 0.4) is 0 Å². The van der Waals surface area contributed by atoms with Crippen molar-refractivity contribution in [2.75, 3.05) is 13.2 Å². The molecule has 0 aromatic rings. The zero-order chi connectivity index (χ0) is 58.6. The topological polar surface area (TPSA) is 149 Å². The van der Waals surface area contributed by atoms with Crippen molar-refractivity contribution in [3.63, 3.8) is 0 Å². The lowest BCUT2D eigenvalue weighted by atomic mass is 9.99. The number of aliphatic hydroxyl groups excluding tert-OH is 5. The minimum absolute atomic E-state index is 0.138. The summed E-state index contributed by atoms with van der Waals surface area (Å²) in [6, 6.07) is -0.724. The fourth-order valence-electron chi connectivity index (χ4n) is 11.6. The molecule has 0 spiro atoms. The fourth-order valence-corrected chi connectivity index (χ4v) is 11.6. The zero-order valence-corrected chi connectivity index (χ0v) is 53.6. The molecule has 478 valence electrons. The normalized spacial score (nSPS) is 18.5. The van der Waals surface area contributed by atoms with Gasteiger partial charge in [0.05, 0.1) is 25.4 Å². The Morgan fingerprint density at radius 1 is 0.420 bits per heavy atom. The molecule has 1 aliphatic rings. The van der Waals surface area contributed by atoms with E-state index in [1.807, 2.05) is 0 Å². The van der Waals surface area contributed by atoms with Crippen LogP contribution in [0.15, 0.2) is 36.5 Å². The Hall–Kier alpha value is -1.59. The molecule has 1 heterocycles. The second-order valence-electron chi connectivity index (χ2n) is 25.0. The largest absolute Gasteiger partial charge is 0.394 e. The first-order valence-corrected chi connectivity index (χ1v) is 35.7. The van der Waals surface area contributed by atoms with Crippen molar-refractivity contribution in [3.05, 3.63) is 36.5 Å². The molecule has 1 fully saturated rings. The number of nitrogens with one attached hydrogen (secondary N) is 1. The molecule has 1 amide bonds. The van der Waals surface area contributed by atoms with E-state index in [1.165, 1.54) is 283 Å². The van der Waals surface area contributed by atoms with Crippen LogP contribution in [0.2, 0.25) is 0 Å². The van der Waals surface area contributed by atoms with Crippen molar-refractivity contribution >= 4 is 5.91 Å². The second kappa shape index (κ2) is 61.5. The number of aliphatic hydroxyl groups is 5. The first-order chi connectivity index (χ1) is 39.8. The summed E-state index contributed by atoms with van der Waals surface area (Å²) in [5.74, 6) is -0.143.